The Balaban J connectivity index is 2.05. The third-order valence-electron chi connectivity index (χ3n) is 2.46. The number of aldehydes is 1. The predicted octanol–water partition coefficient (Wildman–Crippen LogP) is 1.19. The van der Waals surface area contributed by atoms with Crippen LogP contribution in [0.25, 0.3) is 0 Å². The van der Waals surface area contributed by atoms with Crippen molar-refractivity contribution in [2.75, 3.05) is 18.0 Å². The van der Waals surface area contributed by atoms with Crippen molar-refractivity contribution in [3.05, 3.63) is 29.8 Å². The van der Waals surface area contributed by atoms with Crippen molar-refractivity contribution < 1.29 is 4.79 Å². The standard InChI is InChI=1S/C11H10N2O/c12-5-9-1-3-11(4-2-9)13-6-10(7-13)8-14/h1-4,8,10H,6-7H2. The van der Waals surface area contributed by atoms with E-state index in [1.807, 2.05) is 12.1 Å². The van der Waals surface area contributed by atoms with E-state index in [1.165, 1.54) is 0 Å². The van der Waals surface area contributed by atoms with E-state index >= 15 is 0 Å². The quantitative estimate of drug-likeness (QED) is 0.652. The minimum absolute atomic E-state index is 0.186. The van der Waals surface area contributed by atoms with Crippen LogP contribution in [0.2, 0.25) is 0 Å². The van der Waals surface area contributed by atoms with Crippen LogP contribution < -0.4 is 4.90 Å². The van der Waals surface area contributed by atoms with Gasteiger partial charge in [-0.15, -0.1) is 0 Å². The number of nitriles is 1. The molecule has 1 aromatic carbocycles. The van der Waals surface area contributed by atoms with Crippen LogP contribution in [0.15, 0.2) is 24.3 Å². The van der Waals surface area contributed by atoms with Crippen LogP contribution in [0.5, 0.6) is 0 Å². The molecular formula is C11H10N2O. The first-order chi connectivity index (χ1) is 6.83. The normalized spacial score (nSPS) is 15.8. The highest BCUT2D eigenvalue weighted by Crippen LogP contribution is 2.23. The largest absolute Gasteiger partial charge is 0.370 e. The highest BCUT2D eigenvalue weighted by molar-refractivity contribution is 5.62. The first-order valence-corrected chi connectivity index (χ1v) is 4.54. The van der Waals surface area contributed by atoms with Crippen LogP contribution in [0, 0.1) is 17.2 Å². The number of hydrogen-bond donors (Lipinski definition) is 0. The van der Waals surface area contributed by atoms with Crippen LogP contribution in [-0.4, -0.2) is 19.4 Å². The second-order valence-corrected chi connectivity index (χ2v) is 3.46. The lowest BCUT2D eigenvalue weighted by molar-refractivity contribution is -0.111. The molecule has 1 aliphatic heterocycles. The Hall–Kier alpha value is -1.82. The minimum atomic E-state index is 0.186. The first-order valence-electron chi connectivity index (χ1n) is 4.54. The molecule has 3 nitrogen and oxygen atoms in total. The van der Waals surface area contributed by atoms with Gasteiger partial charge >= 0.3 is 0 Å². The van der Waals surface area contributed by atoms with Crippen molar-refractivity contribution in [2.24, 2.45) is 5.92 Å². The van der Waals surface area contributed by atoms with Gasteiger partial charge in [0, 0.05) is 24.7 Å². The van der Waals surface area contributed by atoms with Crippen LogP contribution in [-0.2, 0) is 4.79 Å². The molecule has 0 aromatic heterocycles. The zero-order valence-corrected chi connectivity index (χ0v) is 7.68. The molecule has 70 valence electrons. The fourth-order valence-corrected chi connectivity index (χ4v) is 1.56. The molecule has 1 saturated heterocycles. The molecule has 0 N–H and O–H groups in total. The molecule has 3 heteroatoms. The van der Waals surface area contributed by atoms with Gasteiger partial charge in [-0.3, -0.25) is 0 Å². The Morgan fingerprint density at radius 3 is 2.50 bits per heavy atom. The highest BCUT2D eigenvalue weighted by atomic mass is 16.1. The number of hydrogen-bond acceptors (Lipinski definition) is 3. The molecule has 0 amide bonds. The maximum Gasteiger partial charge on any atom is 0.126 e. The maximum absolute atomic E-state index is 10.4. The summed E-state index contributed by atoms with van der Waals surface area (Å²) >= 11 is 0. The molecule has 14 heavy (non-hydrogen) atoms. The molecule has 1 aliphatic rings. The summed E-state index contributed by atoms with van der Waals surface area (Å²) in [6, 6.07) is 9.50. The third-order valence-corrected chi connectivity index (χ3v) is 2.46. The van der Waals surface area contributed by atoms with Gasteiger partial charge in [0.05, 0.1) is 11.6 Å². The molecule has 0 aliphatic carbocycles. The van der Waals surface area contributed by atoms with Gasteiger partial charge in [0.1, 0.15) is 6.29 Å². The number of nitrogens with zero attached hydrogens (tertiary/aromatic N) is 2. The van der Waals surface area contributed by atoms with E-state index in [1.54, 1.807) is 12.1 Å². The summed E-state index contributed by atoms with van der Waals surface area (Å²) < 4.78 is 0. The summed E-state index contributed by atoms with van der Waals surface area (Å²) in [7, 11) is 0. The van der Waals surface area contributed by atoms with Crippen LogP contribution in [0.1, 0.15) is 5.56 Å². The van der Waals surface area contributed by atoms with E-state index < -0.39 is 0 Å². The molecule has 1 heterocycles. The van der Waals surface area contributed by atoms with Gasteiger partial charge in [-0.05, 0) is 24.3 Å². The predicted molar refractivity (Wildman–Crippen MR) is 52.9 cm³/mol. The number of carbonyl (C=O) groups excluding carboxylic acids is 1. The molecule has 0 spiro atoms. The fraction of sp³-hybridized carbons (Fsp3) is 0.273. The highest BCUT2D eigenvalue weighted by Gasteiger charge is 2.25. The number of carbonyl (C=O) groups is 1. The maximum atomic E-state index is 10.4. The van der Waals surface area contributed by atoms with E-state index in [2.05, 4.69) is 11.0 Å². The summed E-state index contributed by atoms with van der Waals surface area (Å²) in [4.78, 5) is 12.5. The lowest BCUT2D eigenvalue weighted by atomic mass is 10.0. The first kappa shape index (κ1) is 8.76. The second kappa shape index (κ2) is 3.51. The monoisotopic (exact) mass is 186 g/mol. The van der Waals surface area contributed by atoms with E-state index in [9.17, 15) is 4.79 Å². The van der Waals surface area contributed by atoms with Crippen molar-refractivity contribution in [3.8, 4) is 6.07 Å². The summed E-state index contributed by atoms with van der Waals surface area (Å²) in [5.41, 5.74) is 1.75. The summed E-state index contributed by atoms with van der Waals surface area (Å²) in [6.45, 7) is 1.60. The molecule has 2 rings (SSSR count). The molecular weight excluding hydrogens is 176 g/mol. The third kappa shape index (κ3) is 1.47. The smallest absolute Gasteiger partial charge is 0.126 e. The SMILES string of the molecule is N#Cc1ccc(N2CC(C=O)C2)cc1. The van der Waals surface area contributed by atoms with Gasteiger partial charge in [0.2, 0.25) is 0 Å². The second-order valence-electron chi connectivity index (χ2n) is 3.46. The van der Waals surface area contributed by atoms with Crippen LogP contribution in [0.4, 0.5) is 5.69 Å². The Labute approximate surface area is 82.6 Å². The molecule has 0 atom stereocenters. The van der Waals surface area contributed by atoms with Gasteiger partial charge in [-0.2, -0.15) is 5.26 Å². The van der Waals surface area contributed by atoms with Crippen LogP contribution in [0.3, 0.4) is 0 Å². The Morgan fingerprint density at radius 2 is 2.00 bits per heavy atom. The van der Waals surface area contributed by atoms with Crippen molar-refractivity contribution in [2.45, 2.75) is 0 Å². The summed E-state index contributed by atoms with van der Waals surface area (Å²) in [5, 5.41) is 8.61. The van der Waals surface area contributed by atoms with Gasteiger partial charge in [-0.25, -0.2) is 0 Å². The van der Waals surface area contributed by atoms with E-state index in [4.69, 9.17) is 5.26 Å². The Kier molecular flexibility index (Phi) is 2.19. The van der Waals surface area contributed by atoms with Crippen molar-refractivity contribution >= 4 is 12.0 Å². The molecule has 0 bridgehead atoms. The Bertz CT molecular complexity index is 371. The Morgan fingerprint density at radius 1 is 1.36 bits per heavy atom. The molecule has 0 radical (unpaired) electrons. The average Bonchev–Trinajstić information content (AvgIpc) is 2.17. The minimum Gasteiger partial charge on any atom is -0.370 e. The molecule has 1 fully saturated rings. The number of rotatable bonds is 2. The molecule has 0 saturated carbocycles. The number of benzene rings is 1. The van der Waals surface area contributed by atoms with E-state index in [0.717, 1.165) is 25.1 Å². The average molecular weight is 186 g/mol. The topological polar surface area (TPSA) is 44.1 Å². The lowest BCUT2D eigenvalue weighted by Gasteiger charge is -2.38. The number of anilines is 1. The van der Waals surface area contributed by atoms with Crippen LogP contribution >= 0.6 is 0 Å². The molecule has 1 aromatic rings. The zero-order chi connectivity index (χ0) is 9.97. The lowest BCUT2D eigenvalue weighted by Crippen LogP contribution is -2.47. The van der Waals surface area contributed by atoms with Gasteiger partial charge in [-0.1, -0.05) is 0 Å². The van der Waals surface area contributed by atoms with Crippen molar-refractivity contribution in [3.63, 3.8) is 0 Å². The summed E-state index contributed by atoms with van der Waals surface area (Å²) in [5.74, 6) is 0.186. The van der Waals surface area contributed by atoms with Crippen molar-refractivity contribution in [1.82, 2.24) is 0 Å². The van der Waals surface area contributed by atoms with E-state index in [0.29, 0.717) is 5.56 Å². The molecule has 0 unspecified atom stereocenters. The van der Waals surface area contributed by atoms with Gasteiger partial charge < -0.3 is 9.69 Å². The fourth-order valence-electron chi connectivity index (χ4n) is 1.56. The van der Waals surface area contributed by atoms with Crippen molar-refractivity contribution in [1.29, 1.82) is 5.26 Å². The van der Waals surface area contributed by atoms with Gasteiger partial charge in [0.25, 0.3) is 0 Å². The van der Waals surface area contributed by atoms with E-state index in [-0.39, 0.29) is 5.92 Å². The zero-order valence-electron chi connectivity index (χ0n) is 7.68. The summed E-state index contributed by atoms with van der Waals surface area (Å²) in [6.07, 6.45) is 1.00. The van der Waals surface area contributed by atoms with Gasteiger partial charge in [0.15, 0.2) is 0 Å².